The van der Waals surface area contributed by atoms with Crippen molar-refractivity contribution in [3.63, 3.8) is 0 Å². The number of nitrogens with zero attached hydrogens (tertiary/aromatic N) is 1. The summed E-state index contributed by atoms with van der Waals surface area (Å²) in [6.07, 6.45) is 0.909. The van der Waals surface area contributed by atoms with Gasteiger partial charge in [0, 0.05) is 24.8 Å². The van der Waals surface area contributed by atoms with Gasteiger partial charge in [-0.1, -0.05) is 55.5 Å². The van der Waals surface area contributed by atoms with Gasteiger partial charge in [-0.05, 0) is 43.9 Å². The van der Waals surface area contributed by atoms with Gasteiger partial charge in [0.15, 0.2) is 0 Å². The van der Waals surface area contributed by atoms with E-state index in [1.807, 2.05) is 29.2 Å². The number of hydrogen-bond acceptors (Lipinski definition) is 2. The topological polar surface area (TPSA) is 32.3 Å². The molecule has 0 aliphatic carbocycles. The summed E-state index contributed by atoms with van der Waals surface area (Å²) < 4.78 is 0. The molecule has 132 valence electrons. The van der Waals surface area contributed by atoms with Crippen LogP contribution >= 0.6 is 0 Å². The van der Waals surface area contributed by atoms with E-state index in [4.69, 9.17) is 0 Å². The van der Waals surface area contributed by atoms with Crippen LogP contribution in [0.15, 0.2) is 60.7 Å². The van der Waals surface area contributed by atoms with Crippen molar-refractivity contribution in [2.75, 3.05) is 18.4 Å². The minimum Gasteiger partial charge on any atom is -0.381 e. The molecule has 0 saturated carbocycles. The predicted octanol–water partition coefficient (Wildman–Crippen LogP) is 4.21. The Morgan fingerprint density at radius 3 is 2.28 bits per heavy atom. The molecule has 1 N–H and O–H groups in total. The van der Waals surface area contributed by atoms with Gasteiger partial charge in [-0.25, -0.2) is 0 Å². The molecule has 3 nitrogen and oxygen atoms in total. The Hall–Kier alpha value is -2.29. The summed E-state index contributed by atoms with van der Waals surface area (Å²) in [6, 6.07) is 20.7. The van der Waals surface area contributed by atoms with E-state index in [0.717, 1.165) is 25.2 Å². The van der Waals surface area contributed by atoms with Crippen LogP contribution in [-0.4, -0.2) is 29.9 Å². The van der Waals surface area contributed by atoms with Crippen LogP contribution in [-0.2, 0) is 11.2 Å². The normalized spacial score (nSPS) is 22.7. The molecule has 0 aromatic heterocycles. The van der Waals surface area contributed by atoms with Crippen molar-refractivity contribution >= 4 is 11.6 Å². The third-order valence-corrected chi connectivity index (χ3v) is 5.30. The SMILES string of the molecule is CC1CN(CCc2ccccc2)C(=O)C(C)(C)C1Nc1ccccc1. The number of hydrogen-bond donors (Lipinski definition) is 1. The molecule has 1 amide bonds. The van der Waals surface area contributed by atoms with Crippen molar-refractivity contribution in [2.45, 2.75) is 33.2 Å². The molecule has 2 atom stereocenters. The van der Waals surface area contributed by atoms with E-state index in [1.165, 1.54) is 5.56 Å². The Kier molecular flexibility index (Phi) is 5.12. The molecular weight excluding hydrogens is 308 g/mol. The molecule has 3 rings (SSSR count). The van der Waals surface area contributed by atoms with Gasteiger partial charge in [0.2, 0.25) is 5.91 Å². The van der Waals surface area contributed by atoms with E-state index in [-0.39, 0.29) is 11.9 Å². The second kappa shape index (κ2) is 7.30. The molecule has 25 heavy (non-hydrogen) atoms. The number of benzene rings is 2. The van der Waals surface area contributed by atoms with E-state index >= 15 is 0 Å². The van der Waals surface area contributed by atoms with Gasteiger partial charge in [-0.15, -0.1) is 0 Å². The molecule has 0 spiro atoms. The smallest absolute Gasteiger partial charge is 0.230 e. The summed E-state index contributed by atoms with van der Waals surface area (Å²) in [5, 5.41) is 3.60. The summed E-state index contributed by atoms with van der Waals surface area (Å²) in [7, 11) is 0. The number of likely N-dealkylation sites (tertiary alicyclic amines) is 1. The van der Waals surface area contributed by atoms with Crippen LogP contribution in [0.25, 0.3) is 0 Å². The fourth-order valence-electron chi connectivity index (χ4n) is 3.93. The van der Waals surface area contributed by atoms with Crippen LogP contribution < -0.4 is 5.32 Å². The van der Waals surface area contributed by atoms with Gasteiger partial charge in [0.25, 0.3) is 0 Å². The summed E-state index contributed by atoms with van der Waals surface area (Å²) >= 11 is 0. The molecule has 1 fully saturated rings. The fourth-order valence-corrected chi connectivity index (χ4v) is 3.93. The van der Waals surface area contributed by atoms with Crippen LogP contribution in [0, 0.1) is 11.3 Å². The highest BCUT2D eigenvalue weighted by molar-refractivity contribution is 5.84. The largest absolute Gasteiger partial charge is 0.381 e. The maximum Gasteiger partial charge on any atom is 0.230 e. The summed E-state index contributed by atoms with van der Waals surface area (Å²) in [5.74, 6) is 0.638. The predicted molar refractivity (Wildman–Crippen MR) is 104 cm³/mol. The standard InChI is InChI=1S/C22H28N2O/c1-17-16-24(15-14-18-10-6-4-7-11-18)21(25)22(2,3)20(17)23-19-12-8-5-9-13-19/h4-13,17,20,23H,14-16H2,1-3H3. The van der Waals surface area contributed by atoms with Crippen LogP contribution in [0.4, 0.5) is 5.69 Å². The second-order valence-electron chi connectivity index (χ2n) is 7.67. The van der Waals surface area contributed by atoms with E-state index < -0.39 is 5.41 Å². The first-order valence-corrected chi connectivity index (χ1v) is 9.13. The molecule has 2 aromatic rings. The highest BCUT2D eigenvalue weighted by Crippen LogP contribution is 2.36. The Morgan fingerprint density at radius 2 is 1.64 bits per heavy atom. The zero-order valence-corrected chi connectivity index (χ0v) is 15.4. The quantitative estimate of drug-likeness (QED) is 0.887. The van der Waals surface area contributed by atoms with Gasteiger partial charge in [0.1, 0.15) is 0 Å². The summed E-state index contributed by atoms with van der Waals surface area (Å²) in [5.41, 5.74) is 1.94. The maximum absolute atomic E-state index is 13.1. The van der Waals surface area contributed by atoms with Gasteiger partial charge < -0.3 is 10.2 Å². The lowest BCUT2D eigenvalue weighted by molar-refractivity contribution is -0.147. The van der Waals surface area contributed by atoms with Crippen molar-refractivity contribution in [3.8, 4) is 0 Å². The number of piperidine rings is 1. The third kappa shape index (κ3) is 3.87. The third-order valence-electron chi connectivity index (χ3n) is 5.30. The Labute approximate surface area is 151 Å². The van der Waals surface area contributed by atoms with Crippen molar-refractivity contribution in [3.05, 3.63) is 66.2 Å². The molecular formula is C22H28N2O. The zero-order chi connectivity index (χ0) is 17.9. The molecule has 1 heterocycles. The lowest BCUT2D eigenvalue weighted by Crippen LogP contribution is -2.60. The average Bonchev–Trinajstić information content (AvgIpc) is 2.63. The van der Waals surface area contributed by atoms with Crippen LogP contribution in [0.5, 0.6) is 0 Å². The Morgan fingerprint density at radius 1 is 1.04 bits per heavy atom. The van der Waals surface area contributed by atoms with Crippen molar-refractivity contribution in [1.29, 1.82) is 0 Å². The zero-order valence-electron chi connectivity index (χ0n) is 15.4. The van der Waals surface area contributed by atoms with Crippen molar-refractivity contribution in [2.24, 2.45) is 11.3 Å². The van der Waals surface area contributed by atoms with E-state index in [1.54, 1.807) is 0 Å². The van der Waals surface area contributed by atoms with E-state index in [0.29, 0.717) is 5.92 Å². The van der Waals surface area contributed by atoms with Crippen LogP contribution in [0.2, 0.25) is 0 Å². The minimum atomic E-state index is -0.426. The molecule has 1 aliphatic heterocycles. The Balaban J connectivity index is 1.69. The Bertz CT molecular complexity index is 696. The number of carbonyl (C=O) groups is 1. The van der Waals surface area contributed by atoms with Crippen molar-refractivity contribution in [1.82, 2.24) is 4.90 Å². The molecule has 1 saturated heterocycles. The van der Waals surface area contributed by atoms with Gasteiger partial charge >= 0.3 is 0 Å². The van der Waals surface area contributed by atoms with Gasteiger partial charge in [-0.3, -0.25) is 4.79 Å². The molecule has 3 heteroatoms. The second-order valence-corrected chi connectivity index (χ2v) is 7.67. The number of para-hydroxylation sites is 1. The number of rotatable bonds is 5. The van der Waals surface area contributed by atoms with Gasteiger partial charge in [0.05, 0.1) is 5.41 Å². The summed E-state index contributed by atoms with van der Waals surface area (Å²) in [6.45, 7) is 7.97. The monoisotopic (exact) mass is 336 g/mol. The number of amides is 1. The van der Waals surface area contributed by atoms with E-state index in [9.17, 15) is 4.79 Å². The lowest BCUT2D eigenvalue weighted by Gasteiger charge is -2.47. The maximum atomic E-state index is 13.1. The first-order valence-electron chi connectivity index (χ1n) is 9.13. The minimum absolute atomic E-state index is 0.135. The van der Waals surface area contributed by atoms with Crippen LogP contribution in [0.3, 0.4) is 0 Å². The number of nitrogens with one attached hydrogen (secondary N) is 1. The highest BCUT2D eigenvalue weighted by Gasteiger charge is 2.46. The molecule has 0 bridgehead atoms. The lowest BCUT2D eigenvalue weighted by atomic mass is 9.73. The van der Waals surface area contributed by atoms with E-state index in [2.05, 4.69) is 62.5 Å². The number of anilines is 1. The van der Waals surface area contributed by atoms with Crippen molar-refractivity contribution < 1.29 is 4.79 Å². The highest BCUT2D eigenvalue weighted by atomic mass is 16.2. The number of carbonyl (C=O) groups excluding carboxylic acids is 1. The summed E-state index contributed by atoms with van der Waals surface area (Å²) in [4.78, 5) is 15.1. The average molecular weight is 336 g/mol. The molecule has 2 aromatic carbocycles. The molecule has 2 unspecified atom stereocenters. The first-order chi connectivity index (χ1) is 12.0. The van der Waals surface area contributed by atoms with Crippen LogP contribution in [0.1, 0.15) is 26.3 Å². The fraction of sp³-hybridized carbons (Fsp3) is 0.409. The van der Waals surface area contributed by atoms with Gasteiger partial charge in [-0.2, -0.15) is 0 Å². The molecule has 1 aliphatic rings. The first kappa shape index (κ1) is 17.5. The molecule has 0 radical (unpaired) electrons.